The first-order valence-corrected chi connectivity index (χ1v) is 6.65. The van der Waals surface area contributed by atoms with Gasteiger partial charge >= 0.3 is 0 Å². The van der Waals surface area contributed by atoms with Gasteiger partial charge in [0.1, 0.15) is 0 Å². The van der Waals surface area contributed by atoms with Crippen molar-refractivity contribution in [1.29, 1.82) is 0 Å². The minimum atomic E-state index is 0.150. The Hall–Kier alpha value is -0.240. The maximum Gasteiger partial charge on any atom is 0.223 e. The molecule has 2 rings (SSSR count). The molecule has 2 nitrogen and oxygen atoms in total. The van der Waals surface area contributed by atoms with E-state index in [-0.39, 0.29) is 23.2 Å². The third-order valence-corrected chi connectivity index (χ3v) is 4.26. The number of hydrogen-bond acceptors (Lipinski definition) is 1. The highest BCUT2D eigenvalue weighted by molar-refractivity contribution is 6.21. The van der Waals surface area contributed by atoms with Crippen molar-refractivity contribution in [2.75, 3.05) is 0 Å². The Morgan fingerprint density at radius 1 is 1.00 bits per heavy atom. The lowest BCUT2D eigenvalue weighted by molar-refractivity contribution is -0.128. The molecule has 2 aliphatic rings. The van der Waals surface area contributed by atoms with E-state index in [4.69, 9.17) is 11.6 Å². The van der Waals surface area contributed by atoms with Crippen LogP contribution in [0.15, 0.2) is 0 Å². The lowest BCUT2D eigenvalue weighted by atomic mass is 9.84. The Morgan fingerprint density at radius 3 is 2.40 bits per heavy atom. The third kappa shape index (κ3) is 2.87. The standard InChI is InChI=1S/C12H20ClNO/c13-10-7-2-1-3-8-11(10)14-12(15)9-5-4-6-9/h9-11H,1-8H2,(H,14,15). The van der Waals surface area contributed by atoms with Gasteiger partial charge in [0.05, 0.1) is 5.38 Å². The number of halogens is 1. The van der Waals surface area contributed by atoms with Crippen LogP contribution in [0.3, 0.4) is 0 Å². The number of nitrogens with one attached hydrogen (secondary N) is 1. The molecular formula is C12H20ClNO. The molecular weight excluding hydrogens is 210 g/mol. The van der Waals surface area contributed by atoms with Crippen LogP contribution in [0, 0.1) is 5.92 Å². The van der Waals surface area contributed by atoms with Gasteiger partial charge in [0.25, 0.3) is 0 Å². The molecule has 0 aromatic rings. The SMILES string of the molecule is O=C(NC1CCCCCC1Cl)C1CCC1. The molecule has 0 aromatic carbocycles. The second-order valence-corrected chi connectivity index (χ2v) is 5.46. The number of alkyl halides is 1. The minimum absolute atomic E-state index is 0.150. The zero-order chi connectivity index (χ0) is 10.7. The fraction of sp³-hybridized carbons (Fsp3) is 0.917. The summed E-state index contributed by atoms with van der Waals surface area (Å²) in [6, 6.07) is 0.224. The molecule has 0 aromatic heterocycles. The van der Waals surface area contributed by atoms with Crippen molar-refractivity contribution in [3.05, 3.63) is 0 Å². The fourth-order valence-corrected chi connectivity index (χ4v) is 2.74. The van der Waals surface area contributed by atoms with E-state index in [1.54, 1.807) is 0 Å². The van der Waals surface area contributed by atoms with Gasteiger partial charge in [-0.3, -0.25) is 4.79 Å². The van der Waals surface area contributed by atoms with Crippen molar-refractivity contribution in [2.24, 2.45) is 5.92 Å². The Balaban J connectivity index is 1.82. The molecule has 0 saturated heterocycles. The van der Waals surface area contributed by atoms with E-state index in [0.717, 1.165) is 25.7 Å². The largest absolute Gasteiger partial charge is 0.352 e. The molecule has 0 bridgehead atoms. The average molecular weight is 230 g/mol. The van der Waals surface area contributed by atoms with Gasteiger partial charge in [0.2, 0.25) is 5.91 Å². The van der Waals surface area contributed by atoms with Crippen molar-refractivity contribution in [1.82, 2.24) is 5.32 Å². The average Bonchev–Trinajstić information content (AvgIpc) is 2.29. The molecule has 3 heteroatoms. The number of amides is 1. The van der Waals surface area contributed by atoms with Gasteiger partial charge in [0.15, 0.2) is 0 Å². The summed E-state index contributed by atoms with van der Waals surface area (Å²) < 4.78 is 0. The van der Waals surface area contributed by atoms with Crippen LogP contribution in [0.5, 0.6) is 0 Å². The predicted octanol–water partition coefficient (Wildman–Crippen LogP) is 2.84. The van der Waals surface area contributed by atoms with E-state index in [1.165, 1.54) is 25.7 Å². The smallest absolute Gasteiger partial charge is 0.223 e. The summed E-state index contributed by atoms with van der Waals surface area (Å²) >= 11 is 6.28. The maximum atomic E-state index is 11.8. The Labute approximate surface area is 96.8 Å². The molecule has 2 aliphatic carbocycles. The number of rotatable bonds is 2. The number of carbonyl (C=O) groups excluding carboxylic acids is 1. The lowest BCUT2D eigenvalue weighted by Gasteiger charge is -2.28. The number of hydrogen-bond donors (Lipinski definition) is 1. The highest BCUT2D eigenvalue weighted by Gasteiger charge is 2.29. The lowest BCUT2D eigenvalue weighted by Crippen LogP contribution is -2.44. The van der Waals surface area contributed by atoms with E-state index in [2.05, 4.69) is 5.32 Å². The molecule has 1 amide bonds. The van der Waals surface area contributed by atoms with Crippen molar-refractivity contribution >= 4 is 17.5 Å². The third-order valence-electron chi connectivity index (χ3n) is 3.74. The first-order chi connectivity index (χ1) is 7.27. The van der Waals surface area contributed by atoms with Crippen LogP contribution in [0.1, 0.15) is 51.4 Å². The van der Waals surface area contributed by atoms with Gasteiger partial charge in [-0.25, -0.2) is 0 Å². The second kappa shape index (κ2) is 5.20. The molecule has 0 aliphatic heterocycles. The highest BCUT2D eigenvalue weighted by Crippen LogP contribution is 2.28. The van der Waals surface area contributed by atoms with Gasteiger partial charge in [0, 0.05) is 12.0 Å². The van der Waals surface area contributed by atoms with E-state index < -0.39 is 0 Å². The molecule has 0 heterocycles. The highest BCUT2D eigenvalue weighted by atomic mass is 35.5. The fourth-order valence-electron chi connectivity index (χ4n) is 2.40. The molecule has 2 unspecified atom stereocenters. The summed E-state index contributed by atoms with van der Waals surface area (Å²) in [5.74, 6) is 0.538. The van der Waals surface area contributed by atoms with Gasteiger partial charge in [-0.15, -0.1) is 11.6 Å². The molecule has 0 radical (unpaired) electrons. The van der Waals surface area contributed by atoms with Gasteiger partial charge < -0.3 is 5.32 Å². The van der Waals surface area contributed by atoms with Crippen molar-refractivity contribution in [3.63, 3.8) is 0 Å². The summed E-state index contributed by atoms with van der Waals surface area (Å²) in [5, 5.41) is 3.29. The Bertz CT molecular complexity index is 228. The van der Waals surface area contributed by atoms with Crippen LogP contribution < -0.4 is 5.32 Å². The first kappa shape index (κ1) is 11.3. The van der Waals surface area contributed by atoms with E-state index in [1.807, 2.05) is 0 Å². The van der Waals surface area contributed by atoms with Crippen LogP contribution in [0.2, 0.25) is 0 Å². The normalized spacial score (nSPS) is 32.9. The topological polar surface area (TPSA) is 29.1 Å². The first-order valence-electron chi connectivity index (χ1n) is 6.22. The van der Waals surface area contributed by atoms with Crippen LogP contribution in [0.25, 0.3) is 0 Å². The zero-order valence-corrected chi connectivity index (χ0v) is 9.93. The molecule has 15 heavy (non-hydrogen) atoms. The van der Waals surface area contributed by atoms with E-state index >= 15 is 0 Å². The summed E-state index contributed by atoms with van der Waals surface area (Å²) in [6.07, 6.45) is 9.16. The van der Waals surface area contributed by atoms with Crippen molar-refractivity contribution in [3.8, 4) is 0 Å². The predicted molar refractivity (Wildman–Crippen MR) is 62.0 cm³/mol. The Kier molecular flexibility index (Phi) is 3.90. The van der Waals surface area contributed by atoms with E-state index in [0.29, 0.717) is 0 Å². The molecule has 1 N–H and O–H groups in total. The molecule has 86 valence electrons. The van der Waals surface area contributed by atoms with Crippen molar-refractivity contribution < 1.29 is 4.79 Å². The summed E-state index contributed by atoms with van der Waals surface area (Å²) in [7, 11) is 0. The van der Waals surface area contributed by atoms with Crippen LogP contribution in [0.4, 0.5) is 0 Å². The molecule has 2 saturated carbocycles. The summed E-state index contributed by atoms with van der Waals surface area (Å²) in [6.45, 7) is 0. The summed E-state index contributed by atoms with van der Waals surface area (Å²) in [4.78, 5) is 11.8. The second-order valence-electron chi connectivity index (χ2n) is 4.90. The monoisotopic (exact) mass is 229 g/mol. The van der Waals surface area contributed by atoms with Crippen LogP contribution in [-0.2, 0) is 4.79 Å². The van der Waals surface area contributed by atoms with Crippen molar-refractivity contribution in [2.45, 2.75) is 62.8 Å². The van der Waals surface area contributed by atoms with E-state index in [9.17, 15) is 4.79 Å². The Morgan fingerprint density at radius 2 is 1.73 bits per heavy atom. The van der Waals surface area contributed by atoms with Gasteiger partial charge in [-0.1, -0.05) is 25.7 Å². The molecule has 2 fully saturated rings. The van der Waals surface area contributed by atoms with Crippen LogP contribution in [-0.4, -0.2) is 17.3 Å². The molecule has 0 spiro atoms. The van der Waals surface area contributed by atoms with Crippen LogP contribution >= 0.6 is 11.6 Å². The maximum absolute atomic E-state index is 11.8. The van der Waals surface area contributed by atoms with Gasteiger partial charge in [-0.05, 0) is 25.7 Å². The quantitative estimate of drug-likeness (QED) is 0.573. The number of carbonyl (C=O) groups is 1. The summed E-state index contributed by atoms with van der Waals surface area (Å²) in [5.41, 5.74) is 0. The van der Waals surface area contributed by atoms with Gasteiger partial charge in [-0.2, -0.15) is 0 Å². The molecule has 2 atom stereocenters. The zero-order valence-electron chi connectivity index (χ0n) is 9.18. The minimum Gasteiger partial charge on any atom is -0.352 e.